The number of hydrogen-bond acceptors (Lipinski definition) is 8. The topological polar surface area (TPSA) is 98.9 Å². The number of carbonyl (C=O) groups excluding carboxylic acids is 1. The first-order valence-electron chi connectivity index (χ1n) is 13.3. The quantitative estimate of drug-likeness (QED) is 0.464. The van der Waals surface area contributed by atoms with Crippen molar-refractivity contribution in [3.05, 3.63) is 30.7 Å². The van der Waals surface area contributed by atoms with Gasteiger partial charge in [-0.2, -0.15) is 23.3 Å². The molecule has 2 atom stereocenters. The Morgan fingerprint density at radius 2 is 1.95 bits per heavy atom. The predicted octanol–water partition coefficient (Wildman–Crippen LogP) is 2.20. The van der Waals surface area contributed by atoms with Crippen molar-refractivity contribution in [2.45, 2.75) is 38.5 Å². The highest BCUT2D eigenvalue weighted by Gasteiger charge is 2.30. The van der Waals surface area contributed by atoms with Gasteiger partial charge in [0.05, 0.1) is 24.1 Å². The summed E-state index contributed by atoms with van der Waals surface area (Å²) in [5, 5.41) is 14.7. The molecule has 39 heavy (non-hydrogen) atoms. The minimum Gasteiger partial charge on any atom is -0.367 e. The van der Waals surface area contributed by atoms with Gasteiger partial charge < -0.3 is 25.3 Å². The molecule has 5 rings (SSSR count). The van der Waals surface area contributed by atoms with Crippen LogP contribution in [0.2, 0.25) is 0 Å². The monoisotopic (exact) mass is 548 g/mol. The van der Waals surface area contributed by atoms with Gasteiger partial charge in [0.2, 0.25) is 11.9 Å². The molecular formula is C25H35F3N10O. The van der Waals surface area contributed by atoms with Crippen LogP contribution in [0.5, 0.6) is 0 Å². The lowest BCUT2D eigenvalue weighted by Gasteiger charge is -2.32. The molecule has 1 amide bonds. The van der Waals surface area contributed by atoms with Gasteiger partial charge in [-0.3, -0.25) is 9.48 Å². The zero-order valence-electron chi connectivity index (χ0n) is 22.2. The molecule has 0 spiro atoms. The smallest absolute Gasteiger partial charge is 0.367 e. The number of anilines is 3. The SMILES string of the molecule is CC1CCC(NCC(F)(F)F)CN(c2cccn3nc(Nc4cnn(CC(=O)N5CCN(C)CC5)c4)nc23)C1. The van der Waals surface area contributed by atoms with Gasteiger partial charge in [-0.05, 0) is 37.9 Å². The van der Waals surface area contributed by atoms with Crippen molar-refractivity contribution in [2.24, 2.45) is 5.92 Å². The highest BCUT2D eigenvalue weighted by atomic mass is 19.4. The number of nitrogens with zero attached hydrogens (tertiary/aromatic N) is 8. The second kappa shape index (κ2) is 11.4. The maximum Gasteiger partial charge on any atom is 0.401 e. The van der Waals surface area contributed by atoms with E-state index in [0.717, 1.165) is 25.2 Å². The molecule has 3 aromatic heterocycles. The van der Waals surface area contributed by atoms with Crippen LogP contribution in [0.25, 0.3) is 5.65 Å². The van der Waals surface area contributed by atoms with Crippen LogP contribution in [0.3, 0.4) is 0 Å². The molecule has 3 aromatic rings. The lowest BCUT2D eigenvalue weighted by Crippen LogP contribution is -2.48. The second-order valence-electron chi connectivity index (χ2n) is 10.6. The molecule has 2 aliphatic rings. The molecule has 0 bridgehead atoms. The molecule has 14 heteroatoms. The molecule has 2 fully saturated rings. The summed E-state index contributed by atoms with van der Waals surface area (Å²) in [7, 11) is 2.05. The van der Waals surface area contributed by atoms with Crippen LogP contribution in [-0.4, -0.2) is 105 Å². The van der Waals surface area contributed by atoms with E-state index in [9.17, 15) is 18.0 Å². The van der Waals surface area contributed by atoms with Crippen molar-refractivity contribution in [3.8, 4) is 0 Å². The van der Waals surface area contributed by atoms with Gasteiger partial charge in [0.1, 0.15) is 6.54 Å². The zero-order valence-corrected chi connectivity index (χ0v) is 22.2. The molecular weight excluding hydrogens is 513 g/mol. The van der Waals surface area contributed by atoms with Gasteiger partial charge >= 0.3 is 6.18 Å². The molecule has 11 nitrogen and oxygen atoms in total. The third-order valence-electron chi connectivity index (χ3n) is 7.30. The Kier molecular flexibility index (Phi) is 7.93. The molecule has 5 heterocycles. The van der Waals surface area contributed by atoms with Crippen LogP contribution < -0.4 is 15.5 Å². The summed E-state index contributed by atoms with van der Waals surface area (Å²) in [6, 6.07) is 3.50. The van der Waals surface area contributed by atoms with E-state index in [-0.39, 0.29) is 18.5 Å². The number of piperazine rings is 1. The summed E-state index contributed by atoms with van der Waals surface area (Å²) < 4.78 is 41.7. The molecule has 0 saturated carbocycles. The summed E-state index contributed by atoms with van der Waals surface area (Å²) in [6.07, 6.45) is 2.43. The minimum absolute atomic E-state index is 0.0305. The fraction of sp³-hybridized carbons (Fsp3) is 0.600. The van der Waals surface area contributed by atoms with E-state index in [0.29, 0.717) is 55.8 Å². The third-order valence-corrected chi connectivity index (χ3v) is 7.30. The van der Waals surface area contributed by atoms with Crippen LogP contribution in [0.15, 0.2) is 30.7 Å². The molecule has 2 unspecified atom stereocenters. The minimum atomic E-state index is -4.25. The normalized spacial score (nSPS) is 21.4. The van der Waals surface area contributed by atoms with Crippen molar-refractivity contribution in [3.63, 3.8) is 0 Å². The van der Waals surface area contributed by atoms with E-state index >= 15 is 0 Å². The van der Waals surface area contributed by atoms with Gasteiger partial charge in [-0.15, -0.1) is 5.10 Å². The van der Waals surface area contributed by atoms with Gasteiger partial charge in [0.25, 0.3) is 0 Å². The summed E-state index contributed by atoms with van der Waals surface area (Å²) in [5.74, 6) is 0.716. The first kappa shape index (κ1) is 27.2. The summed E-state index contributed by atoms with van der Waals surface area (Å²) >= 11 is 0. The highest BCUT2D eigenvalue weighted by molar-refractivity contribution is 5.76. The Hall–Kier alpha value is -3.39. The summed E-state index contributed by atoms with van der Waals surface area (Å²) in [5.41, 5.74) is 2.08. The van der Waals surface area contributed by atoms with Crippen LogP contribution in [0.4, 0.5) is 30.5 Å². The fourth-order valence-electron chi connectivity index (χ4n) is 5.14. The number of aromatic nitrogens is 5. The van der Waals surface area contributed by atoms with E-state index in [1.165, 1.54) is 0 Å². The zero-order chi connectivity index (χ0) is 27.6. The average molecular weight is 549 g/mol. The fourth-order valence-corrected chi connectivity index (χ4v) is 5.14. The predicted molar refractivity (Wildman–Crippen MR) is 141 cm³/mol. The van der Waals surface area contributed by atoms with Crippen LogP contribution >= 0.6 is 0 Å². The Bertz CT molecular complexity index is 1270. The number of nitrogens with one attached hydrogen (secondary N) is 2. The van der Waals surface area contributed by atoms with E-state index in [1.54, 1.807) is 27.8 Å². The number of pyridine rings is 1. The lowest BCUT2D eigenvalue weighted by molar-refractivity contribution is -0.133. The number of halogens is 3. The second-order valence-corrected chi connectivity index (χ2v) is 10.6. The Morgan fingerprint density at radius 3 is 2.72 bits per heavy atom. The van der Waals surface area contributed by atoms with Crippen LogP contribution in [0, 0.1) is 5.92 Å². The summed E-state index contributed by atoms with van der Waals surface area (Å²) in [4.78, 5) is 23.5. The first-order valence-corrected chi connectivity index (χ1v) is 13.3. The van der Waals surface area contributed by atoms with Crippen molar-refractivity contribution in [1.82, 2.24) is 39.5 Å². The molecule has 2 aliphatic heterocycles. The van der Waals surface area contributed by atoms with E-state index in [2.05, 4.69) is 42.5 Å². The van der Waals surface area contributed by atoms with Gasteiger partial charge in [-0.25, -0.2) is 4.52 Å². The van der Waals surface area contributed by atoms with Gasteiger partial charge in [-0.1, -0.05) is 6.92 Å². The highest BCUT2D eigenvalue weighted by Crippen LogP contribution is 2.27. The molecule has 0 aromatic carbocycles. The van der Waals surface area contributed by atoms with Crippen LogP contribution in [0.1, 0.15) is 19.8 Å². The maximum atomic E-state index is 12.8. The number of alkyl halides is 3. The summed E-state index contributed by atoms with van der Waals surface area (Å²) in [6.45, 7) is 5.58. The van der Waals surface area contributed by atoms with E-state index in [1.807, 2.05) is 24.1 Å². The number of hydrogen-bond donors (Lipinski definition) is 2. The van der Waals surface area contributed by atoms with E-state index < -0.39 is 12.7 Å². The Balaban J connectivity index is 1.27. The maximum absolute atomic E-state index is 12.8. The number of likely N-dealkylation sites (N-methyl/N-ethyl adjacent to an activating group) is 1. The standard InChI is InChI=1S/C25H35F3N10O/c1-18-5-6-19(29-17-25(26,27)28)14-36(13-18)21-4-3-7-38-23(21)32-24(33-38)31-20-12-30-37(15-20)16-22(39)35-10-8-34(2)9-11-35/h3-4,7,12,15,18-19,29H,5-6,8-11,13-14,16-17H2,1-2H3,(H,31,33). The average Bonchev–Trinajstić information content (AvgIpc) is 3.45. The van der Waals surface area contributed by atoms with Gasteiger partial charge in [0.15, 0.2) is 5.65 Å². The molecule has 2 N–H and O–H groups in total. The number of carbonyl (C=O) groups is 1. The van der Waals surface area contributed by atoms with Gasteiger partial charge in [0, 0.05) is 57.7 Å². The van der Waals surface area contributed by atoms with Crippen molar-refractivity contribution >= 4 is 28.9 Å². The molecule has 0 aliphatic carbocycles. The van der Waals surface area contributed by atoms with Crippen molar-refractivity contribution in [2.75, 3.05) is 63.1 Å². The van der Waals surface area contributed by atoms with Crippen LogP contribution in [-0.2, 0) is 11.3 Å². The third kappa shape index (κ3) is 6.98. The first-order chi connectivity index (χ1) is 18.6. The number of amides is 1. The van der Waals surface area contributed by atoms with Crippen molar-refractivity contribution < 1.29 is 18.0 Å². The van der Waals surface area contributed by atoms with E-state index in [4.69, 9.17) is 0 Å². The number of fused-ring (bicyclic) bond motifs is 1. The Morgan fingerprint density at radius 1 is 1.15 bits per heavy atom. The Labute approximate surface area is 224 Å². The lowest BCUT2D eigenvalue weighted by atomic mass is 10.0. The number of rotatable bonds is 7. The van der Waals surface area contributed by atoms with Crippen molar-refractivity contribution in [1.29, 1.82) is 0 Å². The molecule has 2 saturated heterocycles. The molecule has 0 radical (unpaired) electrons. The molecule has 212 valence electrons. The largest absolute Gasteiger partial charge is 0.401 e.